The number of hydrogen-bond donors (Lipinski definition) is 1. The number of carbonyl (C=O) groups is 1. The van der Waals surface area contributed by atoms with Gasteiger partial charge in [0.2, 0.25) is 5.91 Å². The van der Waals surface area contributed by atoms with Crippen molar-refractivity contribution in [1.29, 1.82) is 0 Å². The number of benzene rings is 1. The third-order valence-electron chi connectivity index (χ3n) is 7.65. The molecule has 33 heavy (non-hydrogen) atoms. The van der Waals surface area contributed by atoms with Gasteiger partial charge in [-0.2, -0.15) is 13.2 Å². The van der Waals surface area contributed by atoms with E-state index in [1.807, 2.05) is 6.92 Å². The van der Waals surface area contributed by atoms with Crippen LogP contribution in [0.3, 0.4) is 0 Å². The van der Waals surface area contributed by atoms with Crippen molar-refractivity contribution >= 4 is 23.4 Å². The number of carbonyl (C=O) groups excluding carboxylic acids is 1. The first-order valence-corrected chi connectivity index (χ1v) is 12.7. The van der Waals surface area contributed by atoms with Gasteiger partial charge in [-0.15, -0.1) is 10.2 Å². The van der Waals surface area contributed by atoms with Crippen LogP contribution < -0.4 is 5.32 Å². The van der Waals surface area contributed by atoms with Gasteiger partial charge < -0.3 is 9.88 Å². The van der Waals surface area contributed by atoms with Gasteiger partial charge in [-0.3, -0.25) is 4.79 Å². The minimum absolute atomic E-state index is 0.0261. The number of nitrogens with one attached hydrogen (secondary N) is 1. The van der Waals surface area contributed by atoms with Crippen LogP contribution in [0.25, 0.3) is 0 Å². The fourth-order valence-corrected chi connectivity index (χ4v) is 7.69. The molecular formula is C24H29F3N4OS. The van der Waals surface area contributed by atoms with Gasteiger partial charge in [0.05, 0.1) is 17.0 Å². The van der Waals surface area contributed by atoms with Crippen LogP contribution in [0.1, 0.15) is 56.8 Å². The SMILES string of the molecule is CCn1c(CC23CC4CC(CC(C4)C2)C3)nnc1SCC(=O)Nc1ccccc1C(F)(F)F. The summed E-state index contributed by atoms with van der Waals surface area (Å²) in [4.78, 5) is 12.4. The van der Waals surface area contributed by atoms with Crippen molar-refractivity contribution in [1.82, 2.24) is 14.8 Å². The first kappa shape index (κ1) is 22.7. The van der Waals surface area contributed by atoms with Crippen molar-refractivity contribution < 1.29 is 18.0 Å². The Labute approximate surface area is 195 Å². The third-order valence-corrected chi connectivity index (χ3v) is 8.61. The Hall–Kier alpha value is -2.03. The highest BCUT2D eigenvalue weighted by atomic mass is 32.2. The molecule has 0 unspecified atom stereocenters. The maximum Gasteiger partial charge on any atom is 0.418 e. The van der Waals surface area contributed by atoms with Gasteiger partial charge in [0.15, 0.2) is 5.16 Å². The molecule has 0 spiro atoms. The normalized spacial score (nSPS) is 28.3. The Morgan fingerprint density at radius 2 is 1.76 bits per heavy atom. The van der Waals surface area contributed by atoms with E-state index in [1.165, 1.54) is 68.5 Å². The van der Waals surface area contributed by atoms with Gasteiger partial charge in [0.25, 0.3) is 0 Å². The van der Waals surface area contributed by atoms with Crippen LogP contribution in [0.5, 0.6) is 0 Å². The molecule has 4 aliphatic carbocycles. The van der Waals surface area contributed by atoms with Crippen molar-refractivity contribution in [3.63, 3.8) is 0 Å². The number of aromatic nitrogens is 3. The molecule has 4 bridgehead atoms. The molecule has 1 aromatic heterocycles. The molecule has 9 heteroatoms. The average molecular weight is 479 g/mol. The predicted octanol–water partition coefficient (Wildman–Crippen LogP) is 5.81. The molecule has 0 radical (unpaired) electrons. The minimum atomic E-state index is -4.52. The summed E-state index contributed by atoms with van der Waals surface area (Å²) in [5, 5.41) is 11.9. The zero-order valence-electron chi connectivity index (χ0n) is 18.7. The van der Waals surface area contributed by atoms with Crippen molar-refractivity contribution in [2.45, 2.75) is 69.7 Å². The lowest BCUT2D eigenvalue weighted by Gasteiger charge is -2.56. The molecule has 1 amide bonds. The van der Waals surface area contributed by atoms with Crippen LogP contribution in [-0.4, -0.2) is 26.4 Å². The van der Waals surface area contributed by atoms with E-state index in [1.54, 1.807) is 0 Å². The molecule has 0 saturated heterocycles. The quantitative estimate of drug-likeness (QED) is 0.511. The maximum atomic E-state index is 13.2. The monoisotopic (exact) mass is 478 g/mol. The summed E-state index contributed by atoms with van der Waals surface area (Å²) in [7, 11) is 0. The van der Waals surface area contributed by atoms with Crippen molar-refractivity contribution in [2.24, 2.45) is 23.2 Å². The first-order valence-electron chi connectivity index (χ1n) is 11.8. The number of thioether (sulfide) groups is 1. The zero-order valence-corrected chi connectivity index (χ0v) is 19.5. The number of halogens is 3. The second-order valence-electron chi connectivity index (χ2n) is 10.1. The molecule has 1 N–H and O–H groups in total. The van der Waals surface area contributed by atoms with Crippen LogP contribution in [0.15, 0.2) is 29.4 Å². The summed E-state index contributed by atoms with van der Waals surface area (Å²) in [6.45, 7) is 2.74. The number of alkyl halides is 3. The van der Waals surface area contributed by atoms with Gasteiger partial charge >= 0.3 is 6.18 Å². The van der Waals surface area contributed by atoms with Crippen molar-refractivity contribution in [3.8, 4) is 0 Å². The largest absolute Gasteiger partial charge is 0.418 e. The van der Waals surface area contributed by atoms with E-state index in [0.717, 1.165) is 36.1 Å². The van der Waals surface area contributed by atoms with E-state index >= 15 is 0 Å². The summed E-state index contributed by atoms with van der Waals surface area (Å²) in [6.07, 6.45) is 4.47. The van der Waals surface area contributed by atoms with Gasteiger partial charge in [-0.25, -0.2) is 0 Å². The summed E-state index contributed by atoms with van der Waals surface area (Å²) >= 11 is 1.22. The summed E-state index contributed by atoms with van der Waals surface area (Å²) in [5.41, 5.74) is -0.733. The smallest absolute Gasteiger partial charge is 0.325 e. The van der Waals surface area contributed by atoms with Crippen molar-refractivity contribution in [3.05, 3.63) is 35.7 Å². The van der Waals surface area contributed by atoms with E-state index < -0.39 is 17.6 Å². The van der Waals surface area contributed by atoms with E-state index in [4.69, 9.17) is 0 Å². The number of rotatable bonds is 7. The minimum Gasteiger partial charge on any atom is -0.325 e. The topological polar surface area (TPSA) is 59.8 Å². The van der Waals surface area contributed by atoms with Gasteiger partial charge in [0, 0.05) is 13.0 Å². The highest BCUT2D eigenvalue weighted by Crippen LogP contribution is 2.61. The van der Waals surface area contributed by atoms with Crippen molar-refractivity contribution in [2.75, 3.05) is 11.1 Å². The van der Waals surface area contributed by atoms with E-state index in [0.29, 0.717) is 17.1 Å². The lowest BCUT2D eigenvalue weighted by molar-refractivity contribution is -0.137. The molecule has 4 saturated carbocycles. The third kappa shape index (κ3) is 4.66. The van der Waals surface area contributed by atoms with Gasteiger partial charge in [0.1, 0.15) is 5.82 Å². The van der Waals surface area contributed by atoms with E-state index in [9.17, 15) is 18.0 Å². The Kier molecular flexibility index (Phi) is 5.95. The molecule has 6 rings (SSSR count). The highest BCUT2D eigenvalue weighted by molar-refractivity contribution is 7.99. The Morgan fingerprint density at radius 1 is 1.12 bits per heavy atom. The fourth-order valence-electron chi connectivity index (χ4n) is 6.87. The Morgan fingerprint density at radius 3 is 2.36 bits per heavy atom. The number of amides is 1. The van der Waals surface area contributed by atoms with E-state index in [2.05, 4.69) is 20.1 Å². The number of anilines is 1. The van der Waals surface area contributed by atoms with E-state index in [-0.39, 0.29) is 11.4 Å². The summed E-state index contributed by atoms with van der Waals surface area (Å²) in [5.74, 6) is 3.06. The molecule has 4 fully saturated rings. The molecule has 2 aromatic rings. The number of nitrogens with zero attached hydrogens (tertiary/aromatic N) is 3. The average Bonchev–Trinajstić information content (AvgIpc) is 3.11. The second-order valence-corrected chi connectivity index (χ2v) is 11.1. The zero-order chi connectivity index (χ0) is 23.2. The second kappa shape index (κ2) is 8.64. The maximum absolute atomic E-state index is 13.2. The molecule has 1 aromatic carbocycles. The standard InChI is InChI=1S/C24H29F3N4OS/c1-2-31-20(13-23-10-15-7-16(11-23)9-17(8-15)12-23)29-30-22(31)33-14-21(32)28-19-6-4-3-5-18(19)24(25,26)27/h3-6,15-17H,2,7-14H2,1H3,(H,28,32). The van der Waals surface area contributed by atoms with Gasteiger partial charge in [-0.1, -0.05) is 23.9 Å². The number of para-hydroxylation sites is 1. The molecule has 5 nitrogen and oxygen atoms in total. The molecule has 0 aliphatic heterocycles. The van der Waals surface area contributed by atoms with Crippen LogP contribution in [0.4, 0.5) is 18.9 Å². The predicted molar refractivity (Wildman–Crippen MR) is 121 cm³/mol. The molecule has 178 valence electrons. The molecule has 4 aliphatic rings. The summed E-state index contributed by atoms with van der Waals surface area (Å²) in [6, 6.07) is 5.02. The lowest BCUT2D eigenvalue weighted by Crippen LogP contribution is -2.47. The van der Waals surface area contributed by atoms with Crippen LogP contribution in [-0.2, 0) is 23.9 Å². The molecule has 0 atom stereocenters. The lowest BCUT2D eigenvalue weighted by atomic mass is 9.49. The first-order chi connectivity index (χ1) is 15.7. The van der Waals surface area contributed by atoms with Crippen LogP contribution in [0.2, 0.25) is 0 Å². The summed E-state index contributed by atoms with van der Waals surface area (Å²) < 4.78 is 41.6. The van der Waals surface area contributed by atoms with Gasteiger partial charge in [-0.05, 0) is 80.8 Å². The number of hydrogen-bond acceptors (Lipinski definition) is 4. The molecular weight excluding hydrogens is 449 g/mol. The molecule has 1 heterocycles. The Bertz CT molecular complexity index is 1000. The fraction of sp³-hybridized carbons (Fsp3) is 0.625. The van der Waals surface area contributed by atoms with Crippen LogP contribution >= 0.6 is 11.8 Å². The van der Waals surface area contributed by atoms with Crippen LogP contribution in [0, 0.1) is 23.2 Å². The highest BCUT2D eigenvalue weighted by Gasteiger charge is 2.51. The Balaban J connectivity index is 1.24.